The van der Waals surface area contributed by atoms with Gasteiger partial charge < -0.3 is 9.15 Å². The van der Waals surface area contributed by atoms with E-state index in [0.29, 0.717) is 22.9 Å². The summed E-state index contributed by atoms with van der Waals surface area (Å²) in [5.74, 6) is 1.02. The lowest BCUT2D eigenvalue weighted by atomic mass is 10.2. The molecular formula is C19H17F3N2O4S. The summed E-state index contributed by atoms with van der Waals surface area (Å²) >= 11 is 0. The van der Waals surface area contributed by atoms with E-state index < -0.39 is 26.7 Å². The normalized spacial score (nSPS) is 12.1. The van der Waals surface area contributed by atoms with Gasteiger partial charge in [0.25, 0.3) is 0 Å². The lowest BCUT2D eigenvalue weighted by molar-refractivity contribution is -0.139. The molecule has 154 valence electrons. The molecule has 1 heterocycles. The minimum Gasteiger partial charge on any atom is -0.497 e. The van der Waals surface area contributed by atoms with Crippen LogP contribution in [0.1, 0.15) is 11.3 Å². The van der Waals surface area contributed by atoms with Crippen molar-refractivity contribution in [2.45, 2.75) is 17.5 Å². The van der Waals surface area contributed by atoms with Crippen molar-refractivity contribution < 1.29 is 30.7 Å². The minimum absolute atomic E-state index is 0.136. The SMILES string of the molecule is COc1ccc(-c2nc(CCNS(=O)(=O)c3ccccc3C(F)(F)F)co2)cc1. The molecule has 3 aromatic rings. The highest BCUT2D eigenvalue weighted by molar-refractivity contribution is 7.89. The van der Waals surface area contributed by atoms with Gasteiger partial charge in [0.1, 0.15) is 12.0 Å². The van der Waals surface area contributed by atoms with Crippen molar-refractivity contribution in [3.05, 3.63) is 66.1 Å². The maximum Gasteiger partial charge on any atom is 0.417 e. The van der Waals surface area contributed by atoms with Crippen LogP contribution < -0.4 is 9.46 Å². The lowest BCUT2D eigenvalue weighted by Crippen LogP contribution is -2.28. The summed E-state index contributed by atoms with van der Waals surface area (Å²) in [6.45, 7) is -0.136. The zero-order valence-electron chi connectivity index (χ0n) is 15.2. The number of methoxy groups -OCH3 is 1. The number of alkyl halides is 3. The number of nitrogens with one attached hydrogen (secondary N) is 1. The highest BCUT2D eigenvalue weighted by atomic mass is 32.2. The van der Waals surface area contributed by atoms with E-state index in [0.717, 1.165) is 18.2 Å². The number of halogens is 3. The Bertz CT molecular complexity index is 1080. The van der Waals surface area contributed by atoms with E-state index in [4.69, 9.17) is 9.15 Å². The van der Waals surface area contributed by atoms with Crippen LogP contribution >= 0.6 is 0 Å². The average molecular weight is 426 g/mol. The number of hydrogen-bond donors (Lipinski definition) is 1. The van der Waals surface area contributed by atoms with Crippen molar-refractivity contribution >= 4 is 10.0 Å². The van der Waals surface area contributed by atoms with Crippen LogP contribution in [0.3, 0.4) is 0 Å². The summed E-state index contributed by atoms with van der Waals surface area (Å²) in [6, 6.07) is 11.0. The van der Waals surface area contributed by atoms with E-state index in [-0.39, 0.29) is 13.0 Å². The third-order valence-electron chi connectivity index (χ3n) is 4.04. The predicted octanol–water partition coefficient (Wildman–Crippen LogP) is 3.89. The summed E-state index contributed by atoms with van der Waals surface area (Å²) in [6.07, 6.45) is -3.25. The first-order valence-electron chi connectivity index (χ1n) is 8.45. The second-order valence-corrected chi connectivity index (χ2v) is 7.75. The summed E-state index contributed by atoms with van der Waals surface area (Å²) in [5, 5.41) is 0. The fourth-order valence-corrected chi connectivity index (χ4v) is 3.87. The smallest absolute Gasteiger partial charge is 0.417 e. The standard InChI is InChI=1S/C19H17F3N2O4S/c1-27-15-8-6-13(7-9-15)18-24-14(12-28-18)10-11-23-29(25,26)17-5-3-2-4-16(17)19(20,21)22/h2-9,12,23H,10-11H2,1H3. The molecule has 1 aromatic heterocycles. The Morgan fingerprint density at radius 3 is 2.45 bits per heavy atom. The third kappa shape index (κ3) is 4.96. The molecule has 0 fully saturated rings. The summed E-state index contributed by atoms with van der Waals surface area (Å²) in [4.78, 5) is 3.45. The number of benzene rings is 2. The number of hydrogen-bond acceptors (Lipinski definition) is 5. The van der Waals surface area contributed by atoms with E-state index >= 15 is 0 Å². The van der Waals surface area contributed by atoms with Gasteiger partial charge in [-0.2, -0.15) is 13.2 Å². The van der Waals surface area contributed by atoms with Gasteiger partial charge in [-0.05, 0) is 36.4 Å². The summed E-state index contributed by atoms with van der Waals surface area (Å²) < 4.78 is 76.4. The molecule has 0 aliphatic rings. The Kier molecular flexibility index (Phi) is 5.94. The van der Waals surface area contributed by atoms with E-state index in [1.54, 1.807) is 31.4 Å². The topological polar surface area (TPSA) is 81.4 Å². The monoisotopic (exact) mass is 426 g/mol. The fraction of sp³-hybridized carbons (Fsp3) is 0.211. The highest BCUT2D eigenvalue weighted by Gasteiger charge is 2.36. The van der Waals surface area contributed by atoms with Crippen LogP contribution in [0.15, 0.2) is 64.1 Å². The second-order valence-electron chi connectivity index (χ2n) is 6.01. The molecule has 0 aliphatic heterocycles. The van der Waals surface area contributed by atoms with Gasteiger partial charge in [-0.3, -0.25) is 0 Å². The Labute approximate surface area is 165 Å². The third-order valence-corrected chi connectivity index (χ3v) is 5.56. The number of sulfonamides is 1. The Balaban J connectivity index is 1.67. The molecule has 0 radical (unpaired) electrons. The maximum absolute atomic E-state index is 13.1. The number of rotatable bonds is 7. The first kappa shape index (κ1) is 20.9. The molecule has 0 aliphatic carbocycles. The van der Waals surface area contributed by atoms with Crippen LogP contribution in [-0.2, 0) is 22.6 Å². The Morgan fingerprint density at radius 2 is 1.79 bits per heavy atom. The van der Waals surface area contributed by atoms with Gasteiger partial charge in [-0.1, -0.05) is 12.1 Å². The second kappa shape index (κ2) is 8.26. The number of oxazole rings is 1. The van der Waals surface area contributed by atoms with Crippen molar-refractivity contribution in [2.24, 2.45) is 0 Å². The molecule has 1 N–H and O–H groups in total. The summed E-state index contributed by atoms with van der Waals surface area (Å²) in [7, 11) is -2.79. The van der Waals surface area contributed by atoms with Crippen molar-refractivity contribution in [1.29, 1.82) is 0 Å². The zero-order valence-corrected chi connectivity index (χ0v) is 16.0. The molecule has 10 heteroatoms. The van der Waals surface area contributed by atoms with Crippen molar-refractivity contribution in [2.75, 3.05) is 13.7 Å². The average Bonchev–Trinajstić information content (AvgIpc) is 3.16. The number of ether oxygens (including phenoxy) is 1. The quantitative estimate of drug-likeness (QED) is 0.620. The number of aromatic nitrogens is 1. The maximum atomic E-state index is 13.1. The van der Waals surface area contributed by atoms with Crippen LogP contribution in [0.5, 0.6) is 5.75 Å². The van der Waals surface area contributed by atoms with Gasteiger partial charge in [-0.15, -0.1) is 0 Å². The van der Waals surface area contributed by atoms with Crippen LogP contribution in [0, 0.1) is 0 Å². The van der Waals surface area contributed by atoms with Gasteiger partial charge in [-0.25, -0.2) is 18.1 Å². The van der Waals surface area contributed by atoms with Crippen molar-refractivity contribution in [3.8, 4) is 17.2 Å². The Hall–Kier alpha value is -2.85. The van der Waals surface area contributed by atoms with E-state index in [1.165, 1.54) is 12.3 Å². The van der Waals surface area contributed by atoms with Gasteiger partial charge in [0.2, 0.25) is 15.9 Å². The number of nitrogens with zero attached hydrogens (tertiary/aromatic N) is 1. The van der Waals surface area contributed by atoms with Gasteiger partial charge >= 0.3 is 6.18 Å². The molecule has 0 saturated heterocycles. The molecule has 0 bridgehead atoms. The molecule has 0 atom stereocenters. The van der Waals surface area contributed by atoms with Gasteiger partial charge in [0.05, 0.1) is 23.3 Å². The predicted molar refractivity (Wildman–Crippen MR) is 98.8 cm³/mol. The van der Waals surface area contributed by atoms with Crippen molar-refractivity contribution in [1.82, 2.24) is 9.71 Å². The van der Waals surface area contributed by atoms with Gasteiger partial charge in [0.15, 0.2) is 0 Å². The molecule has 0 spiro atoms. The Morgan fingerprint density at radius 1 is 1.10 bits per heavy atom. The lowest BCUT2D eigenvalue weighted by Gasteiger charge is -2.13. The molecule has 0 saturated carbocycles. The van der Waals surface area contributed by atoms with E-state index in [9.17, 15) is 21.6 Å². The fourth-order valence-electron chi connectivity index (χ4n) is 2.61. The first-order valence-corrected chi connectivity index (χ1v) is 9.94. The largest absolute Gasteiger partial charge is 0.497 e. The molecule has 29 heavy (non-hydrogen) atoms. The first-order chi connectivity index (χ1) is 13.7. The molecule has 3 rings (SSSR count). The van der Waals surface area contributed by atoms with Gasteiger partial charge in [0, 0.05) is 18.5 Å². The van der Waals surface area contributed by atoms with Crippen LogP contribution in [-0.4, -0.2) is 27.1 Å². The molecule has 0 amide bonds. The van der Waals surface area contributed by atoms with Crippen LogP contribution in [0.2, 0.25) is 0 Å². The molecular weight excluding hydrogens is 409 g/mol. The van der Waals surface area contributed by atoms with Crippen LogP contribution in [0.4, 0.5) is 13.2 Å². The highest BCUT2D eigenvalue weighted by Crippen LogP contribution is 2.33. The molecule has 0 unspecified atom stereocenters. The molecule has 2 aromatic carbocycles. The van der Waals surface area contributed by atoms with E-state index in [2.05, 4.69) is 9.71 Å². The van der Waals surface area contributed by atoms with Crippen molar-refractivity contribution in [3.63, 3.8) is 0 Å². The molecule has 6 nitrogen and oxygen atoms in total. The summed E-state index contributed by atoms with van der Waals surface area (Å²) in [5.41, 5.74) is -0.0462. The minimum atomic E-state index is -4.77. The van der Waals surface area contributed by atoms with Crippen LogP contribution in [0.25, 0.3) is 11.5 Å². The van der Waals surface area contributed by atoms with E-state index in [1.807, 2.05) is 0 Å². The zero-order chi connectivity index (χ0) is 21.1.